The van der Waals surface area contributed by atoms with Crippen LogP contribution in [-0.2, 0) is 62.4 Å². The molecule has 26 heteroatoms. The van der Waals surface area contributed by atoms with Crippen LogP contribution in [0.4, 0.5) is 0 Å². The number of carbonyl (C=O) groups is 6. The molecule has 0 radical (unpaired) electrons. The molecule has 3 aromatic carbocycles. The predicted octanol–water partition coefficient (Wildman–Crippen LogP) is 10.00. The molecule has 2 saturated heterocycles. The van der Waals surface area contributed by atoms with Gasteiger partial charge in [-0.15, -0.1) is 0 Å². The number of carbonyl (C=O) groups excluding carboxylic acids is 6. The number of thioether (sulfide) groups is 2. The van der Waals surface area contributed by atoms with E-state index in [0.717, 1.165) is 105 Å². The van der Waals surface area contributed by atoms with Gasteiger partial charge in [-0.05, 0) is 124 Å². The number of esters is 3. The highest BCUT2D eigenvalue weighted by atomic mass is 32.2. The first kappa shape index (κ1) is 75.2. The molecule has 7 N–H and O–H groups in total. The number of fused-ring (bicyclic) bond motifs is 3. The molecule has 3 fully saturated rings. The average molecular weight is 1380 g/mol. The summed E-state index contributed by atoms with van der Waals surface area (Å²) in [5, 5.41) is 76.0. The Kier molecular flexibility index (Phi) is 32.3. The fraction of sp³-hybridized carbons (Fsp3) is 0.451. The molecule has 0 aromatic heterocycles. The number of phenolic OH excluding ortho intramolecular Hbond substituents is 6. The molecule has 5 heterocycles. The quantitative estimate of drug-likeness (QED) is 0.0429. The van der Waals surface area contributed by atoms with Crippen molar-refractivity contribution >= 4 is 76.3 Å². The molecular weight excluding hydrogens is 1290 g/mol. The van der Waals surface area contributed by atoms with Crippen molar-refractivity contribution in [3.8, 4) is 34.5 Å². The van der Waals surface area contributed by atoms with E-state index in [4.69, 9.17) is 28.7 Å². The molecule has 3 amide bonds. The van der Waals surface area contributed by atoms with Crippen molar-refractivity contribution in [2.75, 3.05) is 88.8 Å². The standard InChI is InChI=1S/C25H32N2O6.2C23H28N2O6S/c28-21-15-18-14-20(27-33-17-23(30)26-19-10-7-5-8-11-19)12-6-3-1-2-4-9-13-32-25(31)24(18)22(29)16-21;2*26-19-14-17-13-18(24-31-16-21(28)25-8-11-32-12-9-25)7-5-3-1-2-4-6-10-30-23(29)22(17)20(27)15-19/h2,4,6,12,15-16,19,28-29H,1,3,5,7-11,13-14,17H2,(H,26,30);2*2,4-5,7,14-15,26-27H,1,3,6,8-13,16H2/b4-2+,12-6+,27-20+;4-2+,7-5+,24-18+;4-2+,7-5+,24-18-. The molecule has 0 bridgehead atoms. The number of phenols is 6. The van der Waals surface area contributed by atoms with Gasteiger partial charge in [0, 0.05) is 92.7 Å². The Labute approximate surface area is 573 Å². The summed E-state index contributed by atoms with van der Waals surface area (Å²) in [6.07, 6.45) is 35.2. The van der Waals surface area contributed by atoms with E-state index >= 15 is 0 Å². The molecule has 0 atom stereocenters. The average Bonchev–Trinajstić information content (AvgIpc) is 1.28. The highest BCUT2D eigenvalue weighted by Crippen LogP contribution is 2.32. The van der Waals surface area contributed by atoms with Crippen LogP contribution in [0.2, 0.25) is 0 Å². The van der Waals surface area contributed by atoms with Crippen molar-refractivity contribution in [3.63, 3.8) is 0 Å². The van der Waals surface area contributed by atoms with Gasteiger partial charge in [0.25, 0.3) is 17.7 Å². The summed E-state index contributed by atoms with van der Waals surface area (Å²) < 4.78 is 15.8. The van der Waals surface area contributed by atoms with E-state index in [2.05, 4.69) is 20.8 Å². The monoisotopic (exact) mass is 1380 g/mol. The van der Waals surface area contributed by atoms with Crippen molar-refractivity contribution in [2.24, 2.45) is 15.5 Å². The lowest BCUT2D eigenvalue weighted by molar-refractivity contribution is -0.136. The van der Waals surface area contributed by atoms with Crippen LogP contribution in [0.1, 0.15) is 138 Å². The molecule has 3 aromatic rings. The molecule has 9 rings (SSSR count). The second kappa shape index (κ2) is 41.7. The summed E-state index contributed by atoms with van der Waals surface area (Å²) in [6, 6.07) is 7.66. The maximum Gasteiger partial charge on any atom is 0.342 e. The van der Waals surface area contributed by atoms with Crippen molar-refractivity contribution < 1.29 is 88.1 Å². The van der Waals surface area contributed by atoms with E-state index in [1.54, 1.807) is 28.0 Å². The molecule has 522 valence electrons. The van der Waals surface area contributed by atoms with Crippen LogP contribution in [0.5, 0.6) is 34.5 Å². The number of cyclic esters (lactones) is 3. The molecule has 6 aliphatic rings. The molecule has 1 aliphatic carbocycles. The Bertz CT molecular complexity index is 3290. The van der Waals surface area contributed by atoms with Gasteiger partial charge in [0.2, 0.25) is 0 Å². The van der Waals surface area contributed by atoms with Crippen LogP contribution in [-0.4, -0.2) is 188 Å². The van der Waals surface area contributed by atoms with E-state index in [9.17, 15) is 59.4 Å². The lowest BCUT2D eigenvalue weighted by Crippen LogP contribution is -2.39. The Balaban J connectivity index is 0.000000205. The molecule has 1 saturated carbocycles. The van der Waals surface area contributed by atoms with E-state index < -0.39 is 17.9 Å². The van der Waals surface area contributed by atoms with Crippen LogP contribution in [0, 0.1) is 0 Å². The third-order valence-electron chi connectivity index (χ3n) is 15.6. The Morgan fingerprint density at radius 2 is 0.763 bits per heavy atom. The molecule has 0 spiro atoms. The van der Waals surface area contributed by atoms with Gasteiger partial charge in [-0.1, -0.05) is 89.4 Å². The van der Waals surface area contributed by atoms with Crippen LogP contribution < -0.4 is 5.32 Å². The third kappa shape index (κ3) is 26.8. The fourth-order valence-corrected chi connectivity index (χ4v) is 12.5. The first-order valence-corrected chi connectivity index (χ1v) is 35.1. The summed E-state index contributed by atoms with van der Waals surface area (Å²) in [6.45, 7) is 2.79. The van der Waals surface area contributed by atoms with E-state index in [-0.39, 0.29) is 134 Å². The third-order valence-corrected chi connectivity index (χ3v) is 17.5. The van der Waals surface area contributed by atoms with Crippen LogP contribution in [0.15, 0.2) is 125 Å². The highest BCUT2D eigenvalue weighted by molar-refractivity contribution is 7.99. The van der Waals surface area contributed by atoms with Gasteiger partial charge in [-0.2, -0.15) is 23.5 Å². The number of rotatable bonds is 10. The lowest BCUT2D eigenvalue weighted by atomic mass is 9.95. The fourth-order valence-electron chi connectivity index (χ4n) is 10.7. The predicted molar refractivity (Wildman–Crippen MR) is 371 cm³/mol. The van der Waals surface area contributed by atoms with E-state index in [1.807, 2.05) is 78.2 Å². The summed E-state index contributed by atoms with van der Waals surface area (Å²) in [7, 11) is 0. The molecule has 24 nitrogen and oxygen atoms in total. The summed E-state index contributed by atoms with van der Waals surface area (Å²) in [4.78, 5) is 94.1. The SMILES string of the molecule is O=C(CO/N=C1\C=C\CC/C=C/CCOC(=O)c2c(O)cc(O)cc2C1)NC1CCCCC1.O=C1OCC/C=C/CC/C=C/C(=N/OCC(=O)N2CCSCC2)Cc2cc(O)cc(O)c21.O=C1OCC/C=C/CC/C=C/C(=N\OCC(=O)N2CCSCC2)Cc2cc(O)cc(O)c21. The smallest absolute Gasteiger partial charge is 0.342 e. The van der Waals surface area contributed by atoms with Crippen LogP contribution in [0.25, 0.3) is 0 Å². The number of hydrogen-bond donors (Lipinski definition) is 7. The highest BCUT2D eigenvalue weighted by Gasteiger charge is 2.26. The molecular formula is C71H88N6O18S2. The van der Waals surface area contributed by atoms with Gasteiger partial charge in [0.1, 0.15) is 51.2 Å². The van der Waals surface area contributed by atoms with Crippen LogP contribution >= 0.6 is 23.5 Å². The summed E-state index contributed by atoms with van der Waals surface area (Å²) in [5.41, 5.74) is 2.34. The van der Waals surface area contributed by atoms with Crippen LogP contribution in [0.3, 0.4) is 0 Å². The summed E-state index contributed by atoms with van der Waals surface area (Å²) >= 11 is 3.64. The Morgan fingerprint density at radius 1 is 0.443 bits per heavy atom. The maximum absolute atomic E-state index is 12.6. The number of nitrogens with zero attached hydrogens (tertiary/aromatic N) is 5. The van der Waals surface area contributed by atoms with Gasteiger partial charge < -0.3 is 74.5 Å². The minimum absolute atomic E-state index is 0.0215. The number of ether oxygens (including phenoxy) is 3. The number of benzene rings is 3. The summed E-state index contributed by atoms with van der Waals surface area (Å²) in [5.74, 6) is -0.476. The van der Waals surface area contributed by atoms with Crippen molar-refractivity contribution in [2.45, 2.75) is 115 Å². The molecule has 97 heavy (non-hydrogen) atoms. The molecule has 5 aliphatic heterocycles. The topological polar surface area (TPSA) is 335 Å². The number of nitrogens with one attached hydrogen (secondary N) is 1. The van der Waals surface area contributed by atoms with Gasteiger partial charge in [-0.3, -0.25) is 14.4 Å². The Morgan fingerprint density at radius 3 is 1.11 bits per heavy atom. The van der Waals surface area contributed by atoms with Crippen molar-refractivity contribution in [1.82, 2.24) is 15.1 Å². The first-order valence-electron chi connectivity index (χ1n) is 32.8. The Hall–Kier alpha value is -9.17. The number of hydrogen-bond acceptors (Lipinski definition) is 23. The first-order chi connectivity index (χ1) is 47.1. The maximum atomic E-state index is 12.6. The zero-order valence-electron chi connectivity index (χ0n) is 54.5. The minimum Gasteiger partial charge on any atom is -0.508 e. The van der Waals surface area contributed by atoms with Gasteiger partial charge in [-0.25, -0.2) is 14.4 Å². The van der Waals surface area contributed by atoms with Crippen molar-refractivity contribution in [1.29, 1.82) is 0 Å². The lowest BCUT2D eigenvalue weighted by Gasteiger charge is -2.25. The number of allylic oxidation sites excluding steroid dienone is 9. The van der Waals surface area contributed by atoms with E-state index in [0.29, 0.717) is 79.3 Å². The number of oxime groups is 3. The number of amides is 3. The minimum atomic E-state index is -0.677. The van der Waals surface area contributed by atoms with Gasteiger partial charge in [0.15, 0.2) is 19.8 Å². The van der Waals surface area contributed by atoms with Gasteiger partial charge >= 0.3 is 17.9 Å². The zero-order valence-corrected chi connectivity index (χ0v) is 56.2. The zero-order chi connectivity index (χ0) is 69.0. The largest absolute Gasteiger partial charge is 0.508 e. The van der Waals surface area contributed by atoms with Gasteiger partial charge in [0.05, 0.1) is 37.0 Å². The number of aromatic hydroxyl groups is 6. The van der Waals surface area contributed by atoms with E-state index in [1.165, 1.54) is 24.6 Å². The second-order valence-electron chi connectivity index (χ2n) is 23.1. The van der Waals surface area contributed by atoms with Crippen molar-refractivity contribution in [3.05, 3.63) is 143 Å². The second-order valence-corrected chi connectivity index (χ2v) is 25.6. The normalized spacial score (nSPS) is 21.2. The molecule has 0 unspecified atom stereocenters.